The fourth-order valence-corrected chi connectivity index (χ4v) is 7.01. The Kier molecular flexibility index (Phi) is 3.36. The van der Waals surface area contributed by atoms with Crippen molar-refractivity contribution in [2.24, 2.45) is 0 Å². The zero-order chi connectivity index (χ0) is 23.4. The first kappa shape index (κ1) is 18.6. The molecule has 0 saturated heterocycles. The van der Waals surface area contributed by atoms with Crippen molar-refractivity contribution < 1.29 is 0 Å². The summed E-state index contributed by atoms with van der Waals surface area (Å²) < 4.78 is 0. The monoisotopic (exact) mass is 452 g/mol. The van der Waals surface area contributed by atoms with Gasteiger partial charge in [0.25, 0.3) is 0 Å². The molecule has 1 aliphatic rings. The molecule has 36 heavy (non-hydrogen) atoms. The van der Waals surface area contributed by atoms with Crippen LogP contribution in [0.5, 0.6) is 0 Å². The summed E-state index contributed by atoms with van der Waals surface area (Å²) in [4.78, 5) is 0. The molecule has 0 bridgehead atoms. The molecule has 9 rings (SSSR count). The topological polar surface area (TPSA) is 0 Å². The first-order chi connectivity index (χ1) is 17.9. The van der Waals surface area contributed by atoms with Gasteiger partial charge in [0.05, 0.1) is 0 Å². The molecule has 0 spiro atoms. The van der Waals surface area contributed by atoms with Crippen molar-refractivity contribution in [2.45, 2.75) is 0 Å². The van der Waals surface area contributed by atoms with Crippen molar-refractivity contribution in [1.82, 2.24) is 0 Å². The van der Waals surface area contributed by atoms with Crippen molar-refractivity contribution in [2.75, 3.05) is 0 Å². The van der Waals surface area contributed by atoms with E-state index in [0.717, 1.165) is 0 Å². The smallest absolute Gasteiger partial charge is 0.000697 e. The quantitative estimate of drug-likeness (QED) is 0.172. The second-order valence-corrected chi connectivity index (χ2v) is 10.0. The van der Waals surface area contributed by atoms with Gasteiger partial charge in [-0.25, -0.2) is 0 Å². The lowest BCUT2D eigenvalue weighted by Gasteiger charge is -2.21. The van der Waals surface area contributed by atoms with E-state index in [4.69, 9.17) is 0 Å². The molecule has 0 radical (unpaired) electrons. The van der Waals surface area contributed by atoms with Crippen LogP contribution in [-0.4, -0.2) is 0 Å². The molecule has 0 N–H and O–H groups in total. The number of hydrogen-bond acceptors (Lipinski definition) is 0. The second-order valence-electron chi connectivity index (χ2n) is 10.0. The van der Waals surface area contributed by atoms with Crippen molar-refractivity contribution in [3.05, 3.63) is 121 Å². The minimum atomic E-state index is 1.28. The summed E-state index contributed by atoms with van der Waals surface area (Å²) in [5.41, 5.74) is 8.11. The summed E-state index contributed by atoms with van der Waals surface area (Å²) in [5, 5.41) is 13.5. The van der Waals surface area contributed by atoms with Gasteiger partial charge < -0.3 is 0 Å². The molecule has 0 amide bonds. The van der Waals surface area contributed by atoms with Crippen LogP contribution in [0.1, 0.15) is 0 Å². The van der Waals surface area contributed by atoms with Gasteiger partial charge >= 0.3 is 0 Å². The molecule has 0 saturated carbocycles. The van der Waals surface area contributed by atoms with E-state index in [9.17, 15) is 0 Å². The van der Waals surface area contributed by atoms with Crippen molar-refractivity contribution in [1.29, 1.82) is 0 Å². The molecule has 0 aromatic heterocycles. The normalized spacial score (nSPS) is 12.4. The summed E-state index contributed by atoms with van der Waals surface area (Å²) in [5.74, 6) is 0. The average molecular weight is 453 g/mol. The highest BCUT2D eigenvalue weighted by Gasteiger charge is 2.30. The second kappa shape index (κ2) is 6.50. The number of rotatable bonds is 1. The number of benzene rings is 8. The van der Waals surface area contributed by atoms with E-state index in [2.05, 4.69) is 121 Å². The lowest BCUT2D eigenvalue weighted by Crippen LogP contribution is -1.94. The van der Waals surface area contributed by atoms with Crippen LogP contribution in [0.3, 0.4) is 0 Å². The summed E-state index contributed by atoms with van der Waals surface area (Å²) in [6.45, 7) is 0. The summed E-state index contributed by atoms with van der Waals surface area (Å²) >= 11 is 0. The van der Waals surface area contributed by atoms with Crippen molar-refractivity contribution >= 4 is 53.9 Å². The fourth-order valence-electron chi connectivity index (χ4n) is 7.01. The lowest BCUT2D eigenvalue weighted by atomic mass is 9.81. The molecule has 0 fully saturated rings. The molecule has 1 aliphatic carbocycles. The largest absolute Gasteiger partial charge is 0.0622 e. The predicted molar refractivity (Wildman–Crippen MR) is 155 cm³/mol. The Morgan fingerprint density at radius 1 is 0.278 bits per heavy atom. The SMILES string of the molecule is c1ccc(-c2c3c(c4c5cccc6cccc(c7cccc2c74)c65)-c2cccc4cccc-3c24)cc1. The van der Waals surface area contributed by atoms with Gasteiger partial charge in [0, 0.05) is 0 Å². The summed E-state index contributed by atoms with van der Waals surface area (Å²) in [6.07, 6.45) is 0. The number of hydrogen-bond donors (Lipinski definition) is 0. The van der Waals surface area contributed by atoms with E-state index in [1.807, 2.05) is 0 Å². The van der Waals surface area contributed by atoms with Gasteiger partial charge in [-0.05, 0) is 87.2 Å². The molecule has 0 aliphatic heterocycles. The van der Waals surface area contributed by atoms with Crippen molar-refractivity contribution in [3.63, 3.8) is 0 Å². The van der Waals surface area contributed by atoms with Crippen LogP contribution < -0.4 is 0 Å². The van der Waals surface area contributed by atoms with E-state index in [1.54, 1.807) is 0 Å². The van der Waals surface area contributed by atoms with E-state index in [0.29, 0.717) is 0 Å². The molecule has 0 atom stereocenters. The molecule has 8 aromatic carbocycles. The zero-order valence-corrected chi connectivity index (χ0v) is 19.5. The van der Waals surface area contributed by atoms with Crippen LogP contribution in [0.15, 0.2) is 121 Å². The predicted octanol–water partition coefficient (Wildman–Crippen LogP) is 10.2. The van der Waals surface area contributed by atoms with Crippen LogP contribution >= 0.6 is 0 Å². The summed E-state index contributed by atoms with van der Waals surface area (Å²) in [7, 11) is 0. The highest BCUT2D eigenvalue weighted by Crippen LogP contribution is 2.58. The maximum absolute atomic E-state index is 2.34. The van der Waals surface area contributed by atoms with Crippen LogP contribution in [0.2, 0.25) is 0 Å². The van der Waals surface area contributed by atoms with Crippen LogP contribution in [-0.2, 0) is 0 Å². The number of fused-ring (bicyclic) bond motifs is 6. The maximum atomic E-state index is 2.34. The molecular weight excluding hydrogens is 432 g/mol. The first-order valence-corrected chi connectivity index (χ1v) is 12.6. The van der Waals surface area contributed by atoms with Crippen LogP contribution in [0.4, 0.5) is 0 Å². The standard InChI is InChI=1S/C36H20/c1-2-9-23(10-3-1)32-29-20-8-16-25-24-15-4-11-21-12-5-17-26(30(21)24)35(33(25)29)36-28-19-7-14-22-13-6-18-27(31(22)28)34(32)36/h1-20H. The average Bonchev–Trinajstić information content (AvgIpc) is 3.27. The third kappa shape index (κ3) is 2.12. The van der Waals surface area contributed by atoms with Gasteiger partial charge in [0.1, 0.15) is 0 Å². The molecule has 0 nitrogen and oxygen atoms in total. The first-order valence-electron chi connectivity index (χ1n) is 12.6. The van der Waals surface area contributed by atoms with Crippen LogP contribution in [0.25, 0.3) is 87.2 Å². The Morgan fingerprint density at radius 2 is 0.833 bits per heavy atom. The minimum absolute atomic E-state index is 1.28. The molecule has 164 valence electrons. The van der Waals surface area contributed by atoms with Gasteiger partial charge in [0.2, 0.25) is 0 Å². The minimum Gasteiger partial charge on any atom is -0.0622 e. The van der Waals surface area contributed by atoms with Crippen molar-refractivity contribution in [3.8, 4) is 33.4 Å². The molecule has 0 unspecified atom stereocenters. The zero-order valence-electron chi connectivity index (χ0n) is 19.5. The lowest BCUT2D eigenvalue weighted by molar-refractivity contribution is 1.66. The Hall–Kier alpha value is -4.68. The van der Waals surface area contributed by atoms with Gasteiger partial charge in [-0.15, -0.1) is 0 Å². The van der Waals surface area contributed by atoms with Crippen LogP contribution in [0, 0.1) is 0 Å². The molecule has 8 aromatic rings. The summed E-state index contributed by atoms with van der Waals surface area (Å²) in [6, 6.07) is 45.0. The molecule has 0 heterocycles. The van der Waals surface area contributed by atoms with E-state index in [-0.39, 0.29) is 0 Å². The Bertz CT molecular complexity index is 2170. The van der Waals surface area contributed by atoms with Gasteiger partial charge in [-0.2, -0.15) is 0 Å². The van der Waals surface area contributed by atoms with Gasteiger partial charge in [-0.1, -0.05) is 121 Å². The highest BCUT2D eigenvalue weighted by molar-refractivity contribution is 6.41. The highest BCUT2D eigenvalue weighted by atomic mass is 14.3. The van der Waals surface area contributed by atoms with E-state index < -0.39 is 0 Å². The van der Waals surface area contributed by atoms with E-state index in [1.165, 1.54) is 87.2 Å². The third-order valence-corrected chi connectivity index (χ3v) is 8.30. The Morgan fingerprint density at radius 3 is 1.58 bits per heavy atom. The van der Waals surface area contributed by atoms with E-state index >= 15 is 0 Å². The molecule has 0 heteroatoms. The Balaban J connectivity index is 1.68. The van der Waals surface area contributed by atoms with Gasteiger partial charge in [-0.3, -0.25) is 0 Å². The van der Waals surface area contributed by atoms with Gasteiger partial charge in [0.15, 0.2) is 0 Å². The molecular formula is C36H20. The maximum Gasteiger partial charge on any atom is -0.000697 e. The Labute approximate surface area is 208 Å². The fraction of sp³-hybridized carbons (Fsp3) is 0. The third-order valence-electron chi connectivity index (χ3n) is 8.30.